The van der Waals surface area contributed by atoms with E-state index in [0.29, 0.717) is 19.3 Å². The van der Waals surface area contributed by atoms with Gasteiger partial charge in [-0.1, -0.05) is 313 Å². The van der Waals surface area contributed by atoms with Crippen LogP contribution in [-0.2, 0) is 28.6 Å². The first-order chi connectivity index (χ1) is 36.5. The molecular formula is C68H122O6. The molecule has 0 bridgehead atoms. The lowest BCUT2D eigenvalue weighted by Gasteiger charge is -2.18. The second-order valence-corrected chi connectivity index (χ2v) is 21.7. The van der Waals surface area contributed by atoms with Gasteiger partial charge in [0.25, 0.3) is 0 Å². The minimum Gasteiger partial charge on any atom is -0.462 e. The van der Waals surface area contributed by atoms with Crippen molar-refractivity contribution < 1.29 is 28.6 Å². The lowest BCUT2D eigenvalue weighted by molar-refractivity contribution is -0.167. The zero-order valence-electron chi connectivity index (χ0n) is 49.4. The Bertz CT molecular complexity index is 1330. The van der Waals surface area contributed by atoms with Gasteiger partial charge in [0.2, 0.25) is 0 Å². The average Bonchev–Trinajstić information content (AvgIpc) is 3.40. The third-order valence-electron chi connectivity index (χ3n) is 14.3. The Kier molecular flexibility index (Phi) is 60.2. The second kappa shape index (κ2) is 62.6. The van der Waals surface area contributed by atoms with Crippen LogP contribution >= 0.6 is 0 Å². The van der Waals surface area contributed by atoms with Gasteiger partial charge < -0.3 is 14.2 Å². The van der Waals surface area contributed by atoms with Gasteiger partial charge in [0, 0.05) is 19.3 Å². The number of hydrogen-bond donors (Lipinski definition) is 0. The third kappa shape index (κ3) is 60.0. The van der Waals surface area contributed by atoms with E-state index < -0.39 is 6.10 Å². The van der Waals surface area contributed by atoms with E-state index in [1.54, 1.807) is 0 Å². The molecule has 0 aromatic rings. The van der Waals surface area contributed by atoms with Crippen molar-refractivity contribution in [2.45, 2.75) is 341 Å². The number of ether oxygens (including phenoxy) is 3. The predicted molar refractivity (Wildman–Crippen MR) is 321 cm³/mol. The molecule has 1 unspecified atom stereocenters. The number of carbonyl (C=O) groups excluding carboxylic acids is 3. The van der Waals surface area contributed by atoms with Crippen molar-refractivity contribution in [3.63, 3.8) is 0 Å². The molecule has 0 amide bonds. The van der Waals surface area contributed by atoms with Crippen LogP contribution in [0.3, 0.4) is 0 Å². The van der Waals surface area contributed by atoms with Crippen LogP contribution in [0.1, 0.15) is 335 Å². The molecule has 0 saturated heterocycles. The predicted octanol–water partition coefficient (Wildman–Crippen LogP) is 21.9. The number of rotatable bonds is 59. The SMILES string of the molecule is CC/C=C\C/C=C\C/C=C\C/C=C\C/C=C\CCCCCCCCCCCCCCCC(=O)OCC(COC(=O)CCCCCCC)OC(=O)CCCCCCCCCCCCCCCCCCCCCCCC. The highest BCUT2D eigenvalue weighted by atomic mass is 16.6. The molecule has 0 spiro atoms. The summed E-state index contributed by atoms with van der Waals surface area (Å²) in [5.41, 5.74) is 0. The Labute approximate surface area is 460 Å². The fourth-order valence-electron chi connectivity index (χ4n) is 9.47. The zero-order valence-corrected chi connectivity index (χ0v) is 49.4. The van der Waals surface area contributed by atoms with E-state index in [-0.39, 0.29) is 31.1 Å². The Morgan fingerprint density at radius 3 is 0.824 bits per heavy atom. The Hall–Kier alpha value is -2.89. The van der Waals surface area contributed by atoms with E-state index in [2.05, 4.69) is 81.5 Å². The van der Waals surface area contributed by atoms with Gasteiger partial charge in [-0.3, -0.25) is 14.4 Å². The van der Waals surface area contributed by atoms with E-state index in [1.807, 2.05) is 0 Å². The first-order valence-corrected chi connectivity index (χ1v) is 32.3. The van der Waals surface area contributed by atoms with Crippen molar-refractivity contribution >= 4 is 17.9 Å². The summed E-state index contributed by atoms with van der Waals surface area (Å²) in [7, 11) is 0. The van der Waals surface area contributed by atoms with Crippen molar-refractivity contribution in [1.29, 1.82) is 0 Å². The molecule has 430 valence electrons. The van der Waals surface area contributed by atoms with Crippen LogP contribution in [-0.4, -0.2) is 37.2 Å². The zero-order chi connectivity index (χ0) is 53.6. The van der Waals surface area contributed by atoms with E-state index in [4.69, 9.17) is 14.2 Å². The molecule has 6 heteroatoms. The molecule has 0 aromatic heterocycles. The van der Waals surface area contributed by atoms with Gasteiger partial charge in [-0.2, -0.15) is 0 Å². The van der Waals surface area contributed by atoms with Crippen molar-refractivity contribution in [1.82, 2.24) is 0 Å². The Morgan fingerprint density at radius 2 is 0.527 bits per heavy atom. The third-order valence-corrected chi connectivity index (χ3v) is 14.3. The van der Waals surface area contributed by atoms with Crippen LogP contribution < -0.4 is 0 Å². The number of esters is 3. The van der Waals surface area contributed by atoms with Crippen LogP contribution in [0.25, 0.3) is 0 Å². The molecule has 0 saturated carbocycles. The minimum atomic E-state index is -0.768. The number of hydrogen-bond acceptors (Lipinski definition) is 6. The maximum atomic E-state index is 12.8. The fourth-order valence-corrected chi connectivity index (χ4v) is 9.47. The highest BCUT2D eigenvalue weighted by molar-refractivity contribution is 5.71. The summed E-state index contributed by atoms with van der Waals surface area (Å²) in [5.74, 6) is -0.867. The quantitative estimate of drug-likeness (QED) is 0.0261. The second-order valence-electron chi connectivity index (χ2n) is 21.7. The molecule has 0 aliphatic heterocycles. The molecule has 0 fully saturated rings. The molecule has 0 aliphatic rings. The van der Waals surface area contributed by atoms with Crippen LogP contribution in [0, 0.1) is 0 Å². The van der Waals surface area contributed by atoms with Crippen molar-refractivity contribution in [2.24, 2.45) is 0 Å². The monoisotopic (exact) mass is 1030 g/mol. The summed E-state index contributed by atoms with van der Waals surface area (Å²) >= 11 is 0. The highest BCUT2D eigenvalue weighted by Crippen LogP contribution is 2.18. The van der Waals surface area contributed by atoms with Gasteiger partial charge in [0.05, 0.1) is 0 Å². The standard InChI is InChI=1S/C68H122O6/c1-4-7-10-13-15-17-19-21-23-25-27-29-31-32-33-34-35-36-37-39-40-42-44-46-48-50-52-55-58-61-67(70)73-64-65(63-72-66(69)60-57-54-12-9-6-3)74-68(71)62-59-56-53-51-49-47-45-43-41-38-30-28-26-24-22-20-18-16-14-11-8-5-2/h7,10,15,17,21,23,27,29,32-33,65H,4-6,8-9,11-14,16,18-20,22,24-26,28,30-31,34-64H2,1-3H3/b10-7-,17-15-,23-21-,29-27-,33-32-. The van der Waals surface area contributed by atoms with Gasteiger partial charge in [-0.25, -0.2) is 0 Å². The van der Waals surface area contributed by atoms with Crippen molar-refractivity contribution in [3.05, 3.63) is 60.8 Å². The topological polar surface area (TPSA) is 78.9 Å². The van der Waals surface area contributed by atoms with E-state index >= 15 is 0 Å². The fraction of sp³-hybridized carbons (Fsp3) is 0.809. The van der Waals surface area contributed by atoms with Crippen molar-refractivity contribution in [3.8, 4) is 0 Å². The summed E-state index contributed by atoms with van der Waals surface area (Å²) in [6.45, 7) is 6.49. The maximum absolute atomic E-state index is 12.8. The molecule has 1 atom stereocenters. The molecule has 0 aromatic carbocycles. The van der Waals surface area contributed by atoms with E-state index in [0.717, 1.165) is 96.3 Å². The first kappa shape index (κ1) is 71.1. The summed E-state index contributed by atoms with van der Waals surface area (Å²) in [6, 6.07) is 0. The van der Waals surface area contributed by atoms with Gasteiger partial charge in [0.15, 0.2) is 6.10 Å². The van der Waals surface area contributed by atoms with E-state index in [1.165, 1.54) is 199 Å². The van der Waals surface area contributed by atoms with Gasteiger partial charge in [0.1, 0.15) is 13.2 Å². The summed E-state index contributed by atoms with van der Waals surface area (Å²) < 4.78 is 16.8. The van der Waals surface area contributed by atoms with Gasteiger partial charge >= 0.3 is 17.9 Å². The van der Waals surface area contributed by atoms with Gasteiger partial charge in [-0.05, 0) is 64.2 Å². The van der Waals surface area contributed by atoms with Crippen LogP contribution in [0.5, 0.6) is 0 Å². The smallest absolute Gasteiger partial charge is 0.306 e. The average molecular weight is 1040 g/mol. The summed E-state index contributed by atoms with van der Waals surface area (Å²) in [4.78, 5) is 37.9. The molecule has 0 radical (unpaired) electrons. The van der Waals surface area contributed by atoms with Crippen molar-refractivity contribution in [2.75, 3.05) is 13.2 Å². The Balaban J connectivity index is 3.99. The van der Waals surface area contributed by atoms with E-state index in [9.17, 15) is 14.4 Å². The van der Waals surface area contributed by atoms with Crippen LogP contribution in [0.2, 0.25) is 0 Å². The molecule has 0 N–H and O–H groups in total. The first-order valence-electron chi connectivity index (χ1n) is 32.3. The normalized spacial score (nSPS) is 12.4. The lowest BCUT2D eigenvalue weighted by Crippen LogP contribution is -2.30. The molecular weight excluding hydrogens is 913 g/mol. The molecule has 6 nitrogen and oxygen atoms in total. The summed E-state index contributed by atoms with van der Waals surface area (Å²) in [6.07, 6.45) is 80.0. The maximum Gasteiger partial charge on any atom is 0.306 e. The minimum absolute atomic E-state index is 0.0706. The largest absolute Gasteiger partial charge is 0.462 e. The lowest BCUT2D eigenvalue weighted by atomic mass is 10.0. The van der Waals surface area contributed by atoms with Crippen LogP contribution in [0.4, 0.5) is 0 Å². The molecule has 0 heterocycles. The van der Waals surface area contributed by atoms with Gasteiger partial charge in [-0.15, -0.1) is 0 Å². The van der Waals surface area contributed by atoms with Crippen LogP contribution in [0.15, 0.2) is 60.8 Å². The summed E-state index contributed by atoms with van der Waals surface area (Å²) in [5, 5.41) is 0. The number of unbranched alkanes of at least 4 members (excludes halogenated alkanes) is 38. The highest BCUT2D eigenvalue weighted by Gasteiger charge is 2.19. The number of carbonyl (C=O) groups is 3. The number of allylic oxidation sites excluding steroid dienone is 10. The Morgan fingerprint density at radius 1 is 0.284 bits per heavy atom. The molecule has 74 heavy (non-hydrogen) atoms. The molecule has 0 aliphatic carbocycles. The molecule has 0 rings (SSSR count).